The number of rotatable bonds is 4. The summed E-state index contributed by atoms with van der Waals surface area (Å²) in [4.78, 5) is 24.7. The maximum absolute atomic E-state index is 11.1. The Labute approximate surface area is 102 Å². The molecule has 0 fully saturated rings. The number of methoxy groups -OCH3 is 1. The lowest BCUT2D eigenvalue weighted by Crippen LogP contribution is -2.33. The zero-order valence-electron chi connectivity index (χ0n) is 9.49. The van der Waals surface area contributed by atoms with Crippen LogP contribution in [0.25, 0.3) is 0 Å². The second-order valence-corrected chi connectivity index (χ2v) is 3.41. The molecule has 0 spiro atoms. The van der Waals surface area contributed by atoms with E-state index < -0.39 is 22.6 Å². The quantitative estimate of drug-likeness (QED) is 0.448. The van der Waals surface area contributed by atoms with E-state index in [9.17, 15) is 14.9 Å². The van der Waals surface area contributed by atoms with Crippen LogP contribution in [0.15, 0.2) is 12.3 Å². The van der Waals surface area contributed by atoms with Crippen molar-refractivity contribution in [3.63, 3.8) is 0 Å². The molecule has 0 unspecified atom stereocenters. The highest BCUT2D eigenvalue weighted by Gasteiger charge is 2.19. The molecule has 0 aliphatic carbocycles. The van der Waals surface area contributed by atoms with Gasteiger partial charge in [0.2, 0.25) is 5.69 Å². The average Bonchev–Trinajstić information content (AvgIpc) is 2.37. The van der Waals surface area contributed by atoms with Crippen LogP contribution < -0.4 is 5.73 Å². The first-order chi connectivity index (χ1) is 8.49. The van der Waals surface area contributed by atoms with Gasteiger partial charge in [0.25, 0.3) is 0 Å². The smallest absolute Gasteiger partial charge is 0.322 e. The summed E-state index contributed by atoms with van der Waals surface area (Å²) in [5.41, 5.74) is 5.21. The number of hydrogen-bond acceptors (Lipinski definition) is 7. The molecular weight excluding hydrogens is 240 g/mol. The minimum absolute atomic E-state index is 0.0478. The Hall–Kier alpha value is -2.53. The van der Waals surface area contributed by atoms with Crippen molar-refractivity contribution >= 4 is 11.7 Å². The first-order valence-electron chi connectivity index (χ1n) is 4.86. The van der Waals surface area contributed by atoms with Crippen LogP contribution in [0, 0.1) is 21.4 Å². The lowest BCUT2D eigenvalue weighted by molar-refractivity contribution is -0.385. The van der Waals surface area contributed by atoms with Crippen LogP contribution >= 0.6 is 0 Å². The number of aromatic nitrogens is 1. The van der Waals surface area contributed by atoms with Gasteiger partial charge in [-0.1, -0.05) is 0 Å². The molecule has 0 aromatic carbocycles. The molecule has 1 aromatic rings. The van der Waals surface area contributed by atoms with E-state index in [2.05, 4.69) is 9.72 Å². The van der Waals surface area contributed by atoms with Crippen molar-refractivity contribution in [2.75, 3.05) is 7.11 Å². The normalized spacial score (nSPS) is 11.4. The minimum atomic E-state index is -0.927. The van der Waals surface area contributed by atoms with E-state index in [0.717, 1.165) is 0 Å². The average molecular weight is 250 g/mol. The lowest BCUT2D eigenvalue weighted by atomic mass is 10.1. The van der Waals surface area contributed by atoms with Crippen LogP contribution in [-0.2, 0) is 16.0 Å². The van der Waals surface area contributed by atoms with Crippen LogP contribution in [0.4, 0.5) is 5.69 Å². The van der Waals surface area contributed by atoms with E-state index in [1.165, 1.54) is 19.4 Å². The molecule has 1 aromatic heterocycles. The van der Waals surface area contributed by atoms with Gasteiger partial charge in [0.1, 0.15) is 12.1 Å². The summed E-state index contributed by atoms with van der Waals surface area (Å²) in [6, 6.07) is 1.86. The monoisotopic (exact) mass is 250 g/mol. The molecular formula is C10H10N4O4. The maximum Gasteiger partial charge on any atom is 0.322 e. The van der Waals surface area contributed by atoms with Crippen molar-refractivity contribution in [2.24, 2.45) is 5.73 Å². The summed E-state index contributed by atoms with van der Waals surface area (Å²) in [6.07, 6.45) is 1.32. The summed E-state index contributed by atoms with van der Waals surface area (Å²) in [7, 11) is 1.20. The molecule has 0 saturated carbocycles. The molecule has 1 atom stereocenters. The van der Waals surface area contributed by atoms with Gasteiger partial charge in [-0.3, -0.25) is 14.9 Å². The molecule has 18 heavy (non-hydrogen) atoms. The SMILES string of the molecule is COC(=O)[C@H](N)Cc1cnc(C#N)c([N+](=O)[O-])c1. The Balaban J connectivity index is 2.99. The molecule has 0 bridgehead atoms. The van der Waals surface area contributed by atoms with Crippen LogP contribution in [0.1, 0.15) is 11.3 Å². The fourth-order valence-electron chi connectivity index (χ4n) is 1.32. The third-order valence-electron chi connectivity index (χ3n) is 2.19. The van der Waals surface area contributed by atoms with Gasteiger partial charge in [-0.05, 0) is 12.0 Å². The number of nitro groups is 1. The Morgan fingerprint density at radius 1 is 1.78 bits per heavy atom. The summed E-state index contributed by atoms with van der Waals surface area (Å²) >= 11 is 0. The summed E-state index contributed by atoms with van der Waals surface area (Å²) in [5, 5.41) is 19.4. The number of nitriles is 1. The highest BCUT2D eigenvalue weighted by Crippen LogP contribution is 2.17. The number of pyridine rings is 1. The number of nitrogens with zero attached hydrogens (tertiary/aromatic N) is 3. The van der Waals surface area contributed by atoms with Gasteiger partial charge in [0.15, 0.2) is 0 Å². The Morgan fingerprint density at radius 2 is 2.44 bits per heavy atom. The number of esters is 1. The second-order valence-electron chi connectivity index (χ2n) is 3.41. The molecule has 1 heterocycles. The number of ether oxygens (including phenoxy) is 1. The highest BCUT2D eigenvalue weighted by molar-refractivity contribution is 5.75. The van der Waals surface area contributed by atoms with Gasteiger partial charge >= 0.3 is 11.7 Å². The number of carbonyl (C=O) groups excluding carboxylic acids is 1. The molecule has 2 N–H and O–H groups in total. The van der Waals surface area contributed by atoms with Crippen LogP contribution in [0.2, 0.25) is 0 Å². The van der Waals surface area contributed by atoms with Crippen molar-refractivity contribution in [1.29, 1.82) is 5.26 Å². The van der Waals surface area contributed by atoms with Crippen molar-refractivity contribution in [3.05, 3.63) is 33.6 Å². The number of nitrogens with two attached hydrogens (primary N) is 1. The van der Waals surface area contributed by atoms with Gasteiger partial charge < -0.3 is 10.5 Å². The largest absolute Gasteiger partial charge is 0.468 e. The molecule has 0 saturated heterocycles. The number of carbonyl (C=O) groups is 1. The van der Waals surface area contributed by atoms with Gasteiger partial charge in [-0.2, -0.15) is 5.26 Å². The predicted octanol–water partition coefficient (Wildman–Crippen LogP) is -0.0957. The third kappa shape index (κ3) is 2.99. The fraction of sp³-hybridized carbons (Fsp3) is 0.300. The highest BCUT2D eigenvalue weighted by atomic mass is 16.6. The van der Waals surface area contributed by atoms with Crippen LogP contribution in [-0.4, -0.2) is 29.0 Å². The lowest BCUT2D eigenvalue weighted by Gasteiger charge is -2.08. The summed E-state index contributed by atoms with van der Waals surface area (Å²) in [5.74, 6) is -0.623. The first-order valence-corrected chi connectivity index (χ1v) is 4.86. The van der Waals surface area contributed by atoms with Crippen molar-refractivity contribution in [1.82, 2.24) is 4.98 Å². The van der Waals surface area contributed by atoms with E-state index in [1.54, 1.807) is 6.07 Å². The van der Waals surface area contributed by atoms with Crippen LogP contribution in [0.5, 0.6) is 0 Å². The zero-order valence-corrected chi connectivity index (χ0v) is 9.49. The predicted molar refractivity (Wildman–Crippen MR) is 59.3 cm³/mol. The van der Waals surface area contributed by atoms with Crippen molar-refractivity contribution in [3.8, 4) is 6.07 Å². The minimum Gasteiger partial charge on any atom is -0.468 e. The topological polar surface area (TPSA) is 132 Å². The van der Waals surface area contributed by atoms with Gasteiger partial charge in [-0.15, -0.1) is 0 Å². The van der Waals surface area contributed by atoms with E-state index >= 15 is 0 Å². The Kier molecular flexibility index (Phi) is 4.28. The third-order valence-corrected chi connectivity index (χ3v) is 2.19. The number of hydrogen-bond donors (Lipinski definition) is 1. The summed E-state index contributed by atoms with van der Waals surface area (Å²) < 4.78 is 4.44. The Bertz CT molecular complexity index is 523. The molecule has 1 rings (SSSR count). The van der Waals surface area contributed by atoms with Crippen molar-refractivity contribution in [2.45, 2.75) is 12.5 Å². The Morgan fingerprint density at radius 3 is 2.94 bits per heavy atom. The van der Waals surface area contributed by atoms with Gasteiger partial charge in [0.05, 0.1) is 12.0 Å². The summed E-state index contributed by atoms with van der Waals surface area (Å²) in [6.45, 7) is 0. The maximum atomic E-state index is 11.1. The van der Waals surface area contributed by atoms with Gasteiger partial charge in [-0.25, -0.2) is 4.98 Å². The molecule has 94 valence electrons. The van der Waals surface area contributed by atoms with E-state index in [-0.39, 0.29) is 12.1 Å². The zero-order chi connectivity index (χ0) is 13.7. The van der Waals surface area contributed by atoms with Crippen molar-refractivity contribution < 1.29 is 14.5 Å². The molecule has 0 amide bonds. The fourth-order valence-corrected chi connectivity index (χ4v) is 1.32. The van der Waals surface area contributed by atoms with Crippen LogP contribution in [0.3, 0.4) is 0 Å². The van der Waals surface area contributed by atoms with E-state index in [4.69, 9.17) is 11.0 Å². The van der Waals surface area contributed by atoms with E-state index in [0.29, 0.717) is 5.56 Å². The standard InChI is InChI=1S/C10H10N4O4/c1-18-10(15)7(12)2-6-3-9(14(16)17)8(4-11)13-5-6/h3,5,7H,2,12H2,1H3/t7-/m1/s1. The first kappa shape index (κ1) is 13.5. The van der Waals surface area contributed by atoms with E-state index in [1.807, 2.05) is 0 Å². The molecule has 0 aliphatic rings. The second kappa shape index (κ2) is 5.70. The molecule has 8 nitrogen and oxygen atoms in total. The van der Waals surface area contributed by atoms with Gasteiger partial charge in [0, 0.05) is 12.3 Å². The molecule has 0 radical (unpaired) electrons. The molecule has 8 heteroatoms. The molecule has 0 aliphatic heterocycles.